The highest BCUT2D eigenvalue weighted by Gasteiger charge is 2.15. The lowest BCUT2D eigenvalue weighted by atomic mass is 10.3. The number of rotatable bonds is 4. The molecule has 3 N–H and O–H groups in total. The largest absolute Gasteiger partial charge is 0.481 e. The molecule has 1 aliphatic rings. The first kappa shape index (κ1) is 14.7. The molecular formula is C10H21N3O3. The number of hydrogen-bond donors (Lipinski definition) is 3. The van der Waals surface area contributed by atoms with Gasteiger partial charge in [0.25, 0.3) is 5.97 Å². The number of carboxylic acids is 1. The second kappa shape index (κ2) is 8.96. The van der Waals surface area contributed by atoms with Gasteiger partial charge in [0.05, 0.1) is 0 Å². The molecule has 0 spiro atoms. The van der Waals surface area contributed by atoms with Crippen molar-refractivity contribution in [1.82, 2.24) is 15.5 Å². The van der Waals surface area contributed by atoms with Gasteiger partial charge in [-0.2, -0.15) is 0 Å². The van der Waals surface area contributed by atoms with E-state index in [2.05, 4.69) is 10.6 Å². The third kappa shape index (κ3) is 8.05. The minimum atomic E-state index is -0.833. The number of carbonyl (C=O) groups excluding carboxylic acids is 1. The van der Waals surface area contributed by atoms with Gasteiger partial charge < -0.3 is 20.6 Å². The van der Waals surface area contributed by atoms with Gasteiger partial charge in [0, 0.05) is 26.6 Å². The van der Waals surface area contributed by atoms with E-state index < -0.39 is 5.97 Å². The summed E-state index contributed by atoms with van der Waals surface area (Å²) in [6.07, 6.45) is 2.11. The molecule has 0 atom stereocenters. The highest BCUT2D eigenvalue weighted by molar-refractivity contribution is 5.74. The number of hydrogen-bond acceptors (Lipinski definition) is 3. The summed E-state index contributed by atoms with van der Waals surface area (Å²) in [5.74, 6) is -0.833. The third-order valence-electron chi connectivity index (χ3n) is 2.02. The predicted octanol–water partition coefficient (Wildman–Crippen LogP) is 0.102. The third-order valence-corrected chi connectivity index (χ3v) is 2.02. The zero-order valence-corrected chi connectivity index (χ0v) is 9.95. The average molecular weight is 231 g/mol. The fraction of sp³-hybridized carbons (Fsp3) is 0.800. The molecule has 1 rings (SSSR count). The van der Waals surface area contributed by atoms with Gasteiger partial charge in [-0.3, -0.25) is 4.79 Å². The van der Waals surface area contributed by atoms with Gasteiger partial charge >= 0.3 is 6.03 Å². The predicted molar refractivity (Wildman–Crippen MR) is 61.4 cm³/mol. The Morgan fingerprint density at radius 1 is 1.62 bits per heavy atom. The van der Waals surface area contributed by atoms with Crippen LogP contribution in [0.3, 0.4) is 0 Å². The summed E-state index contributed by atoms with van der Waals surface area (Å²) in [6, 6.07) is 0.0948. The molecule has 16 heavy (non-hydrogen) atoms. The van der Waals surface area contributed by atoms with Crippen molar-refractivity contribution in [1.29, 1.82) is 0 Å². The van der Waals surface area contributed by atoms with Crippen LogP contribution in [0.4, 0.5) is 4.79 Å². The van der Waals surface area contributed by atoms with E-state index in [1.54, 1.807) is 0 Å². The molecule has 0 bridgehead atoms. The molecule has 1 heterocycles. The monoisotopic (exact) mass is 231 g/mol. The van der Waals surface area contributed by atoms with Crippen LogP contribution < -0.4 is 10.6 Å². The lowest BCUT2D eigenvalue weighted by Crippen LogP contribution is -2.46. The zero-order chi connectivity index (χ0) is 12.4. The van der Waals surface area contributed by atoms with Crippen molar-refractivity contribution >= 4 is 12.0 Å². The minimum absolute atomic E-state index is 0.0948. The fourth-order valence-electron chi connectivity index (χ4n) is 1.34. The maximum absolute atomic E-state index is 11.2. The summed E-state index contributed by atoms with van der Waals surface area (Å²) in [7, 11) is 1.93. The first-order valence-corrected chi connectivity index (χ1v) is 5.45. The van der Waals surface area contributed by atoms with Gasteiger partial charge in [0.1, 0.15) is 0 Å². The number of nitrogens with one attached hydrogen (secondary N) is 2. The standard InChI is InChI=1S/C8H17N3O.C2H4O2/c1-9-4-2-6-11-7-3-5-10-8(11)12;1-2(3)4/h9H,2-7H2,1H3,(H,10,12);1H3,(H,3,4). The molecule has 0 radical (unpaired) electrons. The van der Waals surface area contributed by atoms with Gasteiger partial charge in [-0.1, -0.05) is 0 Å². The van der Waals surface area contributed by atoms with Crippen molar-refractivity contribution in [3.8, 4) is 0 Å². The Morgan fingerprint density at radius 2 is 2.25 bits per heavy atom. The number of amides is 2. The van der Waals surface area contributed by atoms with Crippen LogP contribution >= 0.6 is 0 Å². The van der Waals surface area contributed by atoms with Crippen LogP contribution in [0.25, 0.3) is 0 Å². The molecule has 1 saturated heterocycles. The molecule has 0 saturated carbocycles. The smallest absolute Gasteiger partial charge is 0.317 e. The van der Waals surface area contributed by atoms with Gasteiger partial charge in [0.15, 0.2) is 0 Å². The average Bonchev–Trinajstić information content (AvgIpc) is 2.20. The van der Waals surface area contributed by atoms with E-state index in [1.165, 1.54) is 0 Å². The Labute approximate surface area is 96.0 Å². The van der Waals surface area contributed by atoms with E-state index in [0.717, 1.165) is 45.9 Å². The minimum Gasteiger partial charge on any atom is -0.481 e. The maximum atomic E-state index is 11.2. The molecule has 0 aliphatic carbocycles. The van der Waals surface area contributed by atoms with E-state index in [9.17, 15) is 4.79 Å². The van der Waals surface area contributed by atoms with Crippen molar-refractivity contribution in [3.05, 3.63) is 0 Å². The van der Waals surface area contributed by atoms with E-state index in [4.69, 9.17) is 9.90 Å². The van der Waals surface area contributed by atoms with Crippen molar-refractivity contribution < 1.29 is 14.7 Å². The molecule has 1 fully saturated rings. The molecule has 0 aromatic heterocycles. The number of carbonyl (C=O) groups is 2. The van der Waals surface area contributed by atoms with Crippen molar-refractivity contribution in [3.63, 3.8) is 0 Å². The van der Waals surface area contributed by atoms with Crippen LogP contribution in [0.1, 0.15) is 19.8 Å². The van der Waals surface area contributed by atoms with E-state index >= 15 is 0 Å². The summed E-state index contributed by atoms with van der Waals surface area (Å²) < 4.78 is 0. The van der Waals surface area contributed by atoms with Crippen LogP contribution in [-0.4, -0.2) is 55.2 Å². The maximum Gasteiger partial charge on any atom is 0.317 e. The van der Waals surface area contributed by atoms with Crippen LogP contribution in [-0.2, 0) is 4.79 Å². The highest BCUT2D eigenvalue weighted by Crippen LogP contribution is 1.99. The zero-order valence-electron chi connectivity index (χ0n) is 9.95. The number of urea groups is 1. The normalized spacial score (nSPS) is 14.9. The second-order valence-corrected chi connectivity index (χ2v) is 3.55. The molecule has 1 aliphatic heterocycles. The quantitative estimate of drug-likeness (QED) is 0.599. The summed E-state index contributed by atoms with van der Waals surface area (Å²) in [5, 5.41) is 13.3. The topological polar surface area (TPSA) is 81.7 Å². The number of nitrogens with zero attached hydrogens (tertiary/aromatic N) is 1. The molecule has 6 heteroatoms. The molecule has 0 aromatic rings. The summed E-state index contributed by atoms with van der Waals surface area (Å²) in [6.45, 7) is 4.67. The van der Waals surface area contributed by atoms with Crippen molar-refractivity contribution in [2.75, 3.05) is 33.2 Å². The molecule has 2 amide bonds. The van der Waals surface area contributed by atoms with Crippen LogP contribution in [0.5, 0.6) is 0 Å². The van der Waals surface area contributed by atoms with Crippen LogP contribution in [0, 0.1) is 0 Å². The highest BCUT2D eigenvalue weighted by atomic mass is 16.4. The van der Waals surface area contributed by atoms with E-state index in [0.29, 0.717) is 0 Å². The first-order valence-electron chi connectivity index (χ1n) is 5.45. The van der Waals surface area contributed by atoms with Crippen molar-refractivity contribution in [2.45, 2.75) is 19.8 Å². The fourth-order valence-corrected chi connectivity index (χ4v) is 1.34. The SMILES string of the molecule is CC(=O)O.CNCCCN1CCCNC1=O. The van der Waals surface area contributed by atoms with Crippen LogP contribution in [0.15, 0.2) is 0 Å². The van der Waals surface area contributed by atoms with Crippen LogP contribution in [0.2, 0.25) is 0 Å². The Hall–Kier alpha value is -1.30. The molecule has 94 valence electrons. The molecule has 0 aromatic carbocycles. The van der Waals surface area contributed by atoms with E-state index in [-0.39, 0.29) is 6.03 Å². The Bertz CT molecular complexity index is 217. The summed E-state index contributed by atoms with van der Waals surface area (Å²) in [5.41, 5.74) is 0. The Kier molecular flexibility index (Phi) is 8.24. The van der Waals surface area contributed by atoms with E-state index in [1.807, 2.05) is 11.9 Å². The molecule has 6 nitrogen and oxygen atoms in total. The first-order chi connectivity index (χ1) is 7.57. The Morgan fingerprint density at radius 3 is 2.75 bits per heavy atom. The summed E-state index contributed by atoms with van der Waals surface area (Å²) >= 11 is 0. The van der Waals surface area contributed by atoms with Crippen molar-refractivity contribution in [2.24, 2.45) is 0 Å². The van der Waals surface area contributed by atoms with Gasteiger partial charge in [-0.25, -0.2) is 4.79 Å². The Balaban J connectivity index is 0.000000487. The molecule has 0 unspecified atom stereocenters. The lowest BCUT2D eigenvalue weighted by Gasteiger charge is -2.27. The summed E-state index contributed by atoms with van der Waals surface area (Å²) in [4.78, 5) is 22.1. The number of carboxylic acid groups (broad SMARTS) is 1. The van der Waals surface area contributed by atoms with Gasteiger partial charge in [0.2, 0.25) is 0 Å². The second-order valence-electron chi connectivity index (χ2n) is 3.55. The van der Waals surface area contributed by atoms with Gasteiger partial charge in [-0.05, 0) is 26.4 Å². The van der Waals surface area contributed by atoms with Gasteiger partial charge in [-0.15, -0.1) is 0 Å². The molecular weight excluding hydrogens is 210 g/mol. The lowest BCUT2D eigenvalue weighted by molar-refractivity contribution is -0.134. The number of aliphatic carboxylic acids is 1.